The first-order valence-electron chi connectivity index (χ1n) is 8.08. The molecular weight excluding hydrogens is 284 g/mol. The van der Waals surface area contributed by atoms with Gasteiger partial charge in [0.25, 0.3) is 0 Å². The molecule has 0 atom stereocenters. The Hall–Kier alpha value is -0.580. The monoisotopic (exact) mass is 312 g/mol. The van der Waals surface area contributed by atoms with Crippen molar-refractivity contribution in [1.29, 1.82) is 0 Å². The van der Waals surface area contributed by atoms with Crippen LogP contribution in [0, 0.1) is 0 Å². The first kappa shape index (κ1) is 16.8. The lowest BCUT2D eigenvalue weighted by atomic mass is 9.94. The van der Waals surface area contributed by atoms with Gasteiger partial charge >= 0.3 is 0 Å². The molecule has 0 aromatic carbocycles. The van der Waals surface area contributed by atoms with Crippen molar-refractivity contribution in [2.24, 2.45) is 5.73 Å². The summed E-state index contributed by atoms with van der Waals surface area (Å²) < 4.78 is 2.50. The Balaban J connectivity index is 0.00000161. The average molecular weight is 313 g/mol. The van der Waals surface area contributed by atoms with Gasteiger partial charge in [-0.3, -0.25) is 0 Å². The molecule has 2 aliphatic rings. The number of nitrogens with zero attached hydrogens (tertiary/aromatic N) is 3. The number of imidazole rings is 1. The summed E-state index contributed by atoms with van der Waals surface area (Å²) >= 11 is 0. The topological polar surface area (TPSA) is 47.1 Å². The van der Waals surface area contributed by atoms with Crippen LogP contribution in [0.3, 0.4) is 0 Å². The molecule has 0 saturated carbocycles. The molecule has 5 heteroatoms. The third-order valence-electron chi connectivity index (χ3n) is 4.62. The van der Waals surface area contributed by atoms with E-state index in [2.05, 4.69) is 29.5 Å². The molecule has 0 bridgehead atoms. The van der Waals surface area contributed by atoms with E-state index < -0.39 is 0 Å². The van der Waals surface area contributed by atoms with E-state index in [-0.39, 0.29) is 17.9 Å². The van der Waals surface area contributed by atoms with Crippen LogP contribution in [-0.2, 0) is 13.0 Å². The molecule has 1 aromatic rings. The number of halogens is 1. The van der Waals surface area contributed by atoms with Gasteiger partial charge in [-0.15, -0.1) is 12.4 Å². The maximum atomic E-state index is 6.13. The van der Waals surface area contributed by atoms with Crippen LogP contribution in [0.1, 0.15) is 57.0 Å². The second kappa shape index (κ2) is 6.67. The van der Waals surface area contributed by atoms with E-state index in [1.807, 2.05) is 0 Å². The van der Waals surface area contributed by atoms with Crippen LogP contribution >= 0.6 is 12.4 Å². The molecular formula is C16H29ClN4. The van der Waals surface area contributed by atoms with E-state index in [9.17, 15) is 0 Å². The fourth-order valence-electron chi connectivity index (χ4n) is 3.71. The van der Waals surface area contributed by atoms with Gasteiger partial charge in [0.2, 0.25) is 0 Å². The van der Waals surface area contributed by atoms with Crippen LogP contribution in [0.2, 0.25) is 0 Å². The Labute approximate surface area is 134 Å². The smallest absolute Gasteiger partial charge is 0.112 e. The fraction of sp³-hybridized carbons (Fsp3) is 0.812. The number of hydrogen-bond acceptors (Lipinski definition) is 3. The van der Waals surface area contributed by atoms with Gasteiger partial charge in [-0.2, -0.15) is 0 Å². The standard InChI is InChI=1S/C16H28N4.ClH/c1-16(2,17)12-19-9-6-13(7-10-19)15-18-11-14-5-3-4-8-20(14)15;/h11,13H,3-10,12,17H2,1-2H3;1H. The highest BCUT2D eigenvalue weighted by atomic mass is 35.5. The number of hydrogen-bond donors (Lipinski definition) is 1. The minimum atomic E-state index is -0.0840. The molecule has 21 heavy (non-hydrogen) atoms. The van der Waals surface area contributed by atoms with Crippen molar-refractivity contribution in [3.05, 3.63) is 17.7 Å². The largest absolute Gasteiger partial charge is 0.332 e. The molecule has 2 N–H and O–H groups in total. The lowest BCUT2D eigenvalue weighted by molar-refractivity contribution is 0.176. The zero-order valence-electron chi connectivity index (χ0n) is 13.3. The SMILES string of the molecule is CC(C)(N)CN1CCC(c2ncc3n2CCCC3)CC1.Cl. The molecule has 1 fully saturated rings. The van der Waals surface area contributed by atoms with Crippen molar-refractivity contribution in [3.8, 4) is 0 Å². The van der Waals surface area contributed by atoms with Crippen molar-refractivity contribution >= 4 is 12.4 Å². The third-order valence-corrected chi connectivity index (χ3v) is 4.62. The van der Waals surface area contributed by atoms with E-state index in [1.165, 1.54) is 50.2 Å². The zero-order chi connectivity index (χ0) is 14.2. The Morgan fingerprint density at radius 2 is 1.95 bits per heavy atom. The van der Waals surface area contributed by atoms with Crippen molar-refractivity contribution in [1.82, 2.24) is 14.5 Å². The molecule has 3 rings (SSSR count). The second-order valence-electron chi connectivity index (χ2n) is 7.26. The Bertz CT molecular complexity index is 455. The summed E-state index contributed by atoms with van der Waals surface area (Å²) in [7, 11) is 0. The van der Waals surface area contributed by atoms with Crippen LogP contribution in [0.5, 0.6) is 0 Å². The van der Waals surface area contributed by atoms with Gasteiger partial charge in [0.1, 0.15) is 5.82 Å². The molecule has 120 valence electrons. The van der Waals surface area contributed by atoms with Gasteiger partial charge in [0.05, 0.1) is 0 Å². The van der Waals surface area contributed by atoms with E-state index in [1.54, 1.807) is 0 Å². The molecule has 1 saturated heterocycles. The summed E-state index contributed by atoms with van der Waals surface area (Å²) in [5.41, 5.74) is 7.50. The number of likely N-dealkylation sites (tertiary alicyclic amines) is 1. The van der Waals surface area contributed by atoms with Crippen LogP contribution in [0.15, 0.2) is 6.20 Å². The normalized spacial score (nSPS) is 20.9. The van der Waals surface area contributed by atoms with E-state index in [4.69, 9.17) is 10.7 Å². The first-order chi connectivity index (χ1) is 9.53. The molecule has 4 nitrogen and oxygen atoms in total. The van der Waals surface area contributed by atoms with Crippen LogP contribution < -0.4 is 5.73 Å². The Morgan fingerprint density at radius 3 is 2.62 bits per heavy atom. The zero-order valence-corrected chi connectivity index (χ0v) is 14.2. The van der Waals surface area contributed by atoms with Crippen LogP contribution in [-0.4, -0.2) is 39.6 Å². The number of nitrogens with two attached hydrogens (primary N) is 1. The Morgan fingerprint density at radius 1 is 1.24 bits per heavy atom. The van der Waals surface area contributed by atoms with Gasteiger partial charge in [-0.05, 0) is 59.0 Å². The van der Waals surface area contributed by atoms with Crippen molar-refractivity contribution in [2.45, 2.75) is 64.0 Å². The predicted molar refractivity (Wildman–Crippen MR) is 89.1 cm³/mol. The highest BCUT2D eigenvalue weighted by molar-refractivity contribution is 5.85. The minimum Gasteiger partial charge on any atom is -0.332 e. The van der Waals surface area contributed by atoms with Crippen LogP contribution in [0.4, 0.5) is 0 Å². The first-order valence-corrected chi connectivity index (χ1v) is 8.08. The molecule has 0 radical (unpaired) electrons. The van der Waals surface area contributed by atoms with Crippen molar-refractivity contribution in [3.63, 3.8) is 0 Å². The summed E-state index contributed by atoms with van der Waals surface area (Å²) in [5.74, 6) is 2.00. The van der Waals surface area contributed by atoms with Crippen LogP contribution in [0.25, 0.3) is 0 Å². The molecule has 0 spiro atoms. The fourth-order valence-corrected chi connectivity index (χ4v) is 3.71. The van der Waals surface area contributed by atoms with Gasteiger partial charge < -0.3 is 15.2 Å². The van der Waals surface area contributed by atoms with Gasteiger partial charge in [-0.1, -0.05) is 0 Å². The summed E-state index contributed by atoms with van der Waals surface area (Å²) in [6, 6.07) is 0. The van der Waals surface area contributed by atoms with E-state index in [0.717, 1.165) is 19.6 Å². The molecule has 0 aliphatic carbocycles. The summed E-state index contributed by atoms with van der Waals surface area (Å²) in [6.45, 7) is 8.73. The number of fused-ring (bicyclic) bond motifs is 1. The molecule has 0 unspecified atom stereocenters. The number of rotatable bonds is 3. The Kier molecular flexibility index (Phi) is 5.33. The number of aromatic nitrogens is 2. The van der Waals surface area contributed by atoms with Gasteiger partial charge in [0, 0.05) is 36.4 Å². The van der Waals surface area contributed by atoms with Gasteiger partial charge in [-0.25, -0.2) is 4.98 Å². The average Bonchev–Trinajstić information content (AvgIpc) is 2.82. The van der Waals surface area contributed by atoms with Crippen molar-refractivity contribution < 1.29 is 0 Å². The lowest BCUT2D eigenvalue weighted by Crippen LogP contribution is -2.47. The maximum absolute atomic E-state index is 6.13. The lowest BCUT2D eigenvalue weighted by Gasteiger charge is -2.36. The van der Waals surface area contributed by atoms with E-state index in [0.29, 0.717) is 5.92 Å². The molecule has 2 aliphatic heterocycles. The predicted octanol–water partition coefficient (Wildman–Crippen LogP) is 2.56. The minimum absolute atomic E-state index is 0. The summed E-state index contributed by atoms with van der Waals surface area (Å²) in [6.07, 6.45) is 8.43. The number of piperidine rings is 1. The highest BCUT2D eigenvalue weighted by Gasteiger charge is 2.27. The summed E-state index contributed by atoms with van der Waals surface area (Å²) in [4.78, 5) is 7.25. The second-order valence-corrected chi connectivity index (χ2v) is 7.26. The van der Waals surface area contributed by atoms with Crippen molar-refractivity contribution in [2.75, 3.05) is 19.6 Å². The third kappa shape index (κ3) is 3.99. The quantitative estimate of drug-likeness (QED) is 0.933. The molecule has 0 amide bonds. The van der Waals surface area contributed by atoms with Gasteiger partial charge in [0.15, 0.2) is 0 Å². The summed E-state index contributed by atoms with van der Waals surface area (Å²) in [5, 5.41) is 0. The number of aryl methyl sites for hydroxylation is 1. The maximum Gasteiger partial charge on any atom is 0.112 e. The highest BCUT2D eigenvalue weighted by Crippen LogP contribution is 2.30. The molecule has 3 heterocycles. The van der Waals surface area contributed by atoms with E-state index >= 15 is 0 Å². The molecule has 1 aromatic heterocycles.